The molecule has 0 radical (unpaired) electrons. The van der Waals surface area contributed by atoms with Gasteiger partial charge in [-0.25, -0.2) is 0 Å². The van der Waals surface area contributed by atoms with E-state index in [2.05, 4.69) is 23.7 Å². The minimum Gasteiger partial charge on any atom is -0.494 e. The molecule has 1 aromatic heterocycles. The maximum Gasteiger partial charge on any atom is 0.280 e. The summed E-state index contributed by atoms with van der Waals surface area (Å²) < 4.78 is 6.98. The Labute approximate surface area is 203 Å². The van der Waals surface area contributed by atoms with E-state index in [1.165, 1.54) is 11.3 Å². The van der Waals surface area contributed by atoms with Crippen LogP contribution in [0.25, 0.3) is 11.1 Å². The topological polar surface area (TPSA) is 93.9 Å². The van der Waals surface area contributed by atoms with Crippen LogP contribution in [-0.4, -0.2) is 43.0 Å². The van der Waals surface area contributed by atoms with Crippen molar-refractivity contribution in [1.29, 1.82) is 0 Å². The molecule has 0 aliphatic carbocycles. The van der Waals surface area contributed by atoms with Crippen LogP contribution >= 0.6 is 59.4 Å². The summed E-state index contributed by atoms with van der Waals surface area (Å²) in [6, 6.07) is 6.87. The van der Waals surface area contributed by atoms with Gasteiger partial charge in [0, 0.05) is 17.7 Å². The third-order valence-corrected chi connectivity index (χ3v) is 5.62. The first kappa shape index (κ1) is 28.8. The SMILES string of the molecule is CCN(CC)CCCOc1cc(C(=O)N=C(N)N)cc(-c2cc(Cl)sc2Cl)c1.Cl.Cl. The molecule has 1 aromatic carbocycles. The van der Waals surface area contributed by atoms with Crippen molar-refractivity contribution in [3.63, 3.8) is 0 Å². The van der Waals surface area contributed by atoms with Gasteiger partial charge in [0.2, 0.25) is 0 Å². The molecule has 0 unspecified atom stereocenters. The average molecular weight is 516 g/mol. The summed E-state index contributed by atoms with van der Waals surface area (Å²) in [5.41, 5.74) is 12.4. The van der Waals surface area contributed by atoms with Crippen molar-refractivity contribution in [2.75, 3.05) is 26.2 Å². The molecule has 0 saturated heterocycles. The van der Waals surface area contributed by atoms with Crippen LogP contribution in [0.5, 0.6) is 5.75 Å². The van der Waals surface area contributed by atoms with Crippen LogP contribution in [0.2, 0.25) is 8.67 Å². The minimum atomic E-state index is -0.549. The molecule has 0 aliphatic heterocycles. The van der Waals surface area contributed by atoms with E-state index in [4.69, 9.17) is 39.4 Å². The predicted octanol–water partition coefficient (Wildman–Crippen LogP) is 5.09. The number of benzene rings is 1. The number of rotatable bonds is 9. The van der Waals surface area contributed by atoms with Crippen molar-refractivity contribution in [2.45, 2.75) is 20.3 Å². The Morgan fingerprint density at radius 1 is 1.13 bits per heavy atom. The fraction of sp³-hybridized carbons (Fsp3) is 0.368. The van der Waals surface area contributed by atoms with Crippen molar-refractivity contribution >= 4 is 71.2 Å². The van der Waals surface area contributed by atoms with Gasteiger partial charge in [0.1, 0.15) is 10.1 Å². The number of nitrogens with zero attached hydrogens (tertiary/aromatic N) is 2. The van der Waals surface area contributed by atoms with Crippen LogP contribution in [0.15, 0.2) is 29.3 Å². The maximum atomic E-state index is 12.3. The molecule has 6 nitrogen and oxygen atoms in total. The second-order valence-electron chi connectivity index (χ2n) is 6.05. The molecule has 0 atom stereocenters. The molecule has 0 bridgehead atoms. The zero-order valence-electron chi connectivity index (χ0n) is 16.7. The molecule has 0 aliphatic rings. The number of thiophene rings is 1. The summed E-state index contributed by atoms with van der Waals surface area (Å²) in [4.78, 5) is 18.2. The summed E-state index contributed by atoms with van der Waals surface area (Å²) in [5, 5.41) is 0. The summed E-state index contributed by atoms with van der Waals surface area (Å²) in [6.07, 6.45) is 0.869. The smallest absolute Gasteiger partial charge is 0.280 e. The van der Waals surface area contributed by atoms with Gasteiger partial charge in [-0.3, -0.25) is 4.79 Å². The Morgan fingerprint density at radius 2 is 1.80 bits per heavy atom. The van der Waals surface area contributed by atoms with E-state index < -0.39 is 5.91 Å². The molecular weight excluding hydrogens is 490 g/mol. The number of hydrogen-bond acceptors (Lipinski definition) is 4. The van der Waals surface area contributed by atoms with Crippen LogP contribution < -0.4 is 16.2 Å². The highest BCUT2D eigenvalue weighted by atomic mass is 35.5. The van der Waals surface area contributed by atoms with Gasteiger partial charge in [-0.15, -0.1) is 36.2 Å². The zero-order valence-corrected chi connectivity index (χ0v) is 20.7. The Hall–Kier alpha value is -1.22. The third kappa shape index (κ3) is 8.49. The van der Waals surface area contributed by atoms with Crippen molar-refractivity contribution in [1.82, 2.24) is 4.90 Å². The maximum absolute atomic E-state index is 12.3. The van der Waals surface area contributed by atoms with Gasteiger partial charge in [-0.05, 0) is 49.3 Å². The fourth-order valence-electron chi connectivity index (χ4n) is 2.70. The molecule has 30 heavy (non-hydrogen) atoms. The first-order valence-corrected chi connectivity index (χ1v) is 10.5. The number of amides is 1. The number of nitrogens with two attached hydrogens (primary N) is 2. The lowest BCUT2D eigenvalue weighted by molar-refractivity contribution is 0.100. The quantitative estimate of drug-likeness (QED) is 0.275. The number of carbonyl (C=O) groups excluding carboxylic acids is 1. The van der Waals surface area contributed by atoms with Gasteiger partial charge in [0.05, 0.1) is 10.9 Å². The Balaban J connectivity index is 0.00000420. The molecule has 1 amide bonds. The summed E-state index contributed by atoms with van der Waals surface area (Å²) in [6.45, 7) is 7.73. The first-order valence-electron chi connectivity index (χ1n) is 8.93. The second kappa shape index (κ2) is 14.0. The van der Waals surface area contributed by atoms with Crippen LogP contribution in [-0.2, 0) is 0 Å². The Bertz CT molecular complexity index is 853. The average Bonchev–Trinajstić information content (AvgIpc) is 2.99. The van der Waals surface area contributed by atoms with E-state index in [1.807, 2.05) is 6.07 Å². The van der Waals surface area contributed by atoms with Gasteiger partial charge in [0.15, 0.2) is 5.96 Å². The Kier molecular flexibility index (Phi) is 13.4. The van der Waals surface area contributed by atoms with Gasteiger partial charge in [0.25, 0.3) is 5.91 Å². The number of halogens is 4. The molecule has 11 heteroatoms. The number of carbonyl (C=O) groups is 1. The second-order valence-corrected chi connectivity index (χ2v) is 8.34. The van der Waals surface area contributed by atoms with E-state index in [-0.39, 0.29) is 30.8 Å². The monoisotopic (exact) mass is 514 g/mol. The number of aliphatic imine (C=N–C) groups is 1. The van der Waals surface area contributed by atoms with Crippen molar-refractivity contribution in [3.8, 4) is 16.9 Å². The first-order chi connectivity index (χ1) is 13.3. The molecule has 168 valence electrons. The van der Waals surface area contributed by atoms with E-state index in [0.29, 0.717) is 32.2 Å². The minimum absolute atomic E-state index is 0. The molecular formula is C19H26Cl4N4O2S. The van der Waals surface area contributed by atoms with Gasteiger partial charge in [-0.2, -0.15) is 4.99 Å². The van der Waals surface area contributed by atoms with Gasteiger partial charge >= 0.3 is 0 Å². The zero-order chi connectivity index (χ0) is 20.7. The van der Waals surface area contributed by atoms with Gasteiger partial charge < -0.3 is 21.1 Å². The third-order valence-electron chi connectivity index (χ3n) is 4.13. The highest BCUT2D eigenvalue weighted by Crippen LogP contribution is 2.39. The lowest BCUT2D eigenvalue weighted by Gasteiger charge is -2.18. The van der Waals surface area contributed by atoms with Gasteiger partial charge in [-0.1, -0.05) is 37.0 Å². The van der Waals surface area contributed by atoms with E-state index in [0.717, 1.165) is 31.6 Å². The van der Waals surface area contributed by atoms with Crippen LogP contribution in [0.1, 0.15) is 30.6 Å². The highest BCUT2D eigenvalue weighted by Gasteiger charge is 2.14. The number of guanidine groups is 1. The molecule has 0 spiro atoms. The van der Waals surface area contributed by atoms with Crippen molar-refractivity contribution in [2.24, 2.45) is 16.5 Å². The van der Waals surface area contributed by atoms with Crippen molar-refractivity contribution in [3.05, 3.63) is 38.5 Å². The van der Waals surface area contributed by atoms with Crippen molar-refractivity contribution < 1.29 is 9.53 Å². The molecule has 2 aromatic rings. The highest BCUT2D eigenvalue weighted by molar-refractivity contribution is 7.20. The normalized spacial score (nSPS) is 10.2. The molecule has 4 N–H and O–H groups in total. The van der Waals surface area contributed by atoms with E-state index in [1.54, 1.807) is 18.2 Å². The lowest BCUT2D eigenvalue weighted by Crippen LogP contribution is -2.25. The molecule has 2 rings (SSSR count). The standard InChI is InChI=1S/C19H24Cl2N4O2S.2ClH/c1-3-25(4-2)6-5-7-27-14-9-12(15-11-16(20)28-17(15)21)8-13(10-14)18(26)24-19(22)23;;/h8-11H,3-7H2,1-2H3,(H4,22,23,24,26);2*1H. The summed E-state index contributed by atoms with van der Waals surface area (Å²) >= 11 is 13.6. The van der Waals surface area contributed by atoms with Crippen LogP contribution in [0, 0.1) is 0 Å². The molecule has 0 saturated carbocycles. The number of ether oxygens (including phenoxy) is 1. The largest absolute Gasteiger partial charge is 0.494 e. The fourth-order valence-corrected chi connectivity index (χ4v) is 4.21. The summed E-state index contributed by atoms with van der Waals surface area (Å²) in [5.74, 6) is -0.300. The van der Waals surface area contributed by atoms with Crippen LogP contribution in [0.3, 0.4) is 0 Å². The number of hydrogen-bond donors (Lipinski definition) is 2. The summed E-state index contributed by atoms with van der Waals surface area (Å²) in [7, 11) is 0. The van der Waals surface area contributed by atoms with E-state index >= 15 is 0 Å². The Morgan fingerprint density at radius 3 is 2.33 bits per heavy atom. The lowest BCUT2D eigenvalue weighted by atomic mass is 10.0. The van der Waals surface area contributed by atoms with Crippen LogP contribution in [0.4, 0.5) is 0 Å². The molecule has 1 heterocycles. The molecule has 0 fully saturated rings. The van der Waals surface area contributed by atoms with E-state index in [9.17, 15) is 4.79 Å². The predicted molar refractivity (Wildman–Crippen MR) is 132 cm³/mol.